The molecule has 0 spiro atoms. The van der Waals surface area contributed by atoms with Gasteiger partial charge in [0, 0.05) is 24.7 Å². The molecular weight excluding hydrogens is 368 g/mol. The van der Waals surface area contributed by atoms with E-state index in [4.69, 9.17) is 4.74 Å². The van der Waals surface area contributed by atoms with E-state index in [0.29, 0.717) is 18.0 Å². The Kier molecular flexibility index (Phi) is 5.33. The van der Waals surface area contributed by atoms with Gasteiger partial charge in [0.15, 0.2) is 11.5 Å². The average Bonchev–Trinajstić information content (AvgIpc) is 2.80. The molecule has 0 unspecified atom stereocenters. The van der Waals surface area contributed by atoms with E-state index in [-0.39, 0.29) is 0 Å². The highest BCUT2D eigenvalue weighted by Gasteiger charge is 2.26. The third-order valence-electron chi connectivity index (χ3n) is 2.75. The van der Waals surface area contributed by atoms with Crippen LogP contribution in [0, 0.1) is 0 Å². The molecule has 1 amide bonds. The lowest BCUT2D eigenvalue weighted by Crippen LogP contribution is -2.39. The summed E-state index contributed by atoms with van der Waals surface area (Å²) in [7, 11) is 0. The van der Waals surface area contributed by atoms with Gasteiger partial charge in [-0.05, 0) is 43.0 Å². The minimum atomic E-state index is -0.560. The number of rotatable bonds is 4. The summed E-state index contributed by atoms with van der Waals surface area (Å²) in [6.07, 6.45) is 6.69. The van der Waals surface area contributed by atoms with E-state index in [1.54, 1.807) is 30.4 Å². The first-order valence-electron chi connectivity index (χ1n) is 6.80. The molecule has 0 N–H and O–H groups in total. The zero-order valence-electron chi connectivity index (χ0n) is 13.0. The van der Waals surface area contributed by atoms with Crippen LogP contribution in [0.4, 0.5) is 10.6 Å². The van der Waals surface area contributed by atoms with E-state index < -0.39 is 11.7 Å². The predicted octanol–water partition coefficient (Wildman–Crippen LogP) is 3.60. The van der Waals surface area contributed by atoms with Crippen molar-refractivity contribution in [1.29, 1.82) is 0 Å². The average molecular weight is 387 g/mol. The van der Waals surface area contributed by atoms with Gasteiger partial charge in [-0.2, -0.15) is 11.8 Å². The molecule has 0 bridgehead atoms. The molecule has 0 saturated carbocycles. The van der Waals surface area contributed by atoms with Crippen LogP contribution in [-0.4, -0.2) is 44.6 Å². The molecule has 0 aliphatic carbocycles. The summed E-state index contributed by atoms with van der Waals surface area (Å²) in [6.45, 7) is 6.04. The summed E-state index contributed by atoms with van der Waals surface area (Å²) in [4.78, 5) is 22.7. The Morgan fingerprint density at radius 3 is 2.82 bits per heavy atom. The van der Waals surface area contributed by atoms with Crippen molar-refractivity contribution in [1.82, 2.24) is 14.4 Å². The highest BCUT2D eigenvalue weighted by molar-refractivity contribution is 9.10. The van der Waals surface area contributed by atoms with Crippen LogP contribution in [0.2, 0.25) is 0 Å². The van der Waals surface area contributed by atoms with Crippen molar-refractivity contribution >= 4 is 45.3 Å². The standard InChI is InChI=1S/C14H19BrN4O2S/c1-14(2,3)21-13(20)19(7-8-22-4)11-12-17-9-10(15)18(12)6-5-16-11/h5-6,9H,7-8H2,1-4H3. The SMILES string of the molecule is CSCCN(C(=O)OC(C)(C)C)c1nccn2c(Br)cnc12. The molecule has 2 aromatic rings. The van der Waals surface area contributed by atoms with Gasteiger partial charge >= 0.3 is 6.09 Å². The summed E-state index contributed by atoms with van der Waals surface area (Å²) in [5.41, 5.74) is 0.0526. The van der Waals surface area contributed by atoms with Crippen molar-refractivity contribution in [2.75, 3.05) is 23.5 Å². The van der Waals surface area contributed by atoms with Crippen molar-refractivity contribution in [2.24, 2.45) is 0 Å². The number of ether oxygens (including phenoxy) is 1. The second-order valence-electron chi connectivity index (χ2n) is 5.65. The van der Waals surface area contributed by atoms with Gasteiger partial charge in [-0.25, -0.2) is 14.8 Å². The second kappa shape index (κ2) is 6.87. The molecule has 0 aliphatic heterocycles. The Hall–Kier alpha value is -1.28. The summed E-state index contributed by atoms with van der Waals surface area (Å²) in [6, 6.07) is 0. The van der Waals surface area contributed by atoms with Crippen LogP contribution in [0.5, 0.6) is 0 Å². The first-order valence-corrected chi connectivity index (χ1v) is 8.99. The van der Waals surface area contributed by atoms with Crippen LogP contribution in [0.3, 0.4) is 0 Å². The van der Waals surface area contributed by atoms with Crippen LogP contribution in [0.15, 0.2) is 23.2 Å². The number of nitrogens with zero attached hydrogens (tertiary/aromatic N) is 4. The Morgan fingerprint density at radius 1 is 1.45 bits per heavy atom. The van der Waals surface area contributed by atoms with E-state index >= 15 is 0 Å². The third kappa shape index (κ3) is 3.92. The summed E-state index contributed by atoms with van der Waals surface area (Å²) in [5, 5.41) is 0. The fourth-order valence-corrected chi connectivity index (χ4v) is 2.60. The lowest BCUT2D eigenvalue weighted by Gasteiger charge is -2.26. The normalized spacial score (nSPS) is 11.7. The number of hydrogen-bond donors (Lipinski definition) is 0. The van der Waals surface area contributed by atoms with E-state index in [2.05, 4.69) is 25.9 Å². The lowest BCUT2D eigenvalue weighted by atomic mass is 10.2. The first-order chi connectivity index (χ1) is 10.3. The number of halogens is 1. The zero-order chi connectivity index (χ0) is 16.3. The number of imidazole rings is 1. The largest absolute Gasteiger partial charge is 0.443 e. The summed E-state index contributed by atoms with van der Waals surface area (Å²) >= 11 is 5.08. The smallest absolute Gasteiger partial charge is 0.416 e. The summed E-state index contributed by atoms with van der Waals surface area (Å²) < 4.78 is 8.13. The Morgan fingerprint density at radius 2 is 2.18 bits per heavy atom. The molecule has 0 atom stereocenters. The zero-order valence-corrected chi connectivity index (χ0v) is 15.4. The van der Waals surface area contributed by atoms with Crippen molar-refractivity contribution < 1.29 is 9.53 Å². The molecule has 8 heteroatoms. The third-order valence-corrected chi connectivity index (χ3v) is 3.93. The van der Waals surface area contributed by atoms with Crippen molar-refractivity contribution in [3.8, 4) is 0 Å². The molecule has 0 fully saturated rings. The molecule has 120 valence electrons. The highest BCUT2D eigenvalue weighted by Crippen LogP contribution is 2.23. The van der Waals surface area contributed by atoms with Gasteiger partial charge in [-0.15, -0.1) is 0 Å². The van der Waals surface area contributed by atoms with Crippen LogP contribution in [0.1, 0.15) is 20.8 Å². The van der Waals surface area contributed by atoms with Gasteiger partial charge in [0.1, 0.15) is 10.2 Å². The topological polar surface area (TPSA) is 59.7 Å². The number of fused-ring (bicyclic) bond motifs is 1. The van der Waals surface area contributed by atoms with Crippen LogP contribution in [0.25, 0.3) is 5.65 Å². The number of carbonyl (C=O) groups is 1. The van der Waals surface area contributed by atoms with Gasteiger partial charge in [0.05, 0.1) is 6.20 Å². The number of hydrogen-bond acceptors (Lipinski definition) is 5. The number of anilines is 1. The van der Waals surface area contributed by atoms with Crippen LogP contribution >= 0.6 is 27.7 Å². The molecule has 0 radical (unpaired) electrons. The molecule has 6 nitrogen and oxygen atoms in total. The van der Waals surface area contributed by atoms with E-state index in [9.17, 15) is 4.79 Å². The maximum Gasteiger partial charge on any atom is 0.416 e. The van der Waals surface area contributed by atoms with Gasteiger partial charge in [0.25, 0.3) is 0 Å². The minimum absolute atomic E-state index is 0.415. The van der Waals surface area contributed by atoms with Crippen molar-refractivity contribution in [3.05, 3.63) is 23.2 Å². The number of aromatic nitrogens is 3. The molecule has 0 aliphatic rings. The van der Waals surface area contributed by atoms with Gasteiger partial charge in [-0.3, -0.25) is 9.30 Å². The fraction of sp³-hybridized carbons (Fsp3) is 0.500. The lowest BCUT2D eigenvalue weighted by molar-refractivity contribution is 0.0582. The van der Waals surface area contributed by atoms with Crippen LogP contribution < -0.4 is 4.90 Å². The molecule has 22 heavy (non-hydrogen) atoms. The quantitative estimate of drug-likeness (QED) is 0.803. The molecule has 0 saturated heterocycles. The molecular formula is C14H19BrN4O2S. The number of carbonyl (C=O) groups excluding carboxylic acids is 1. The molecule has 0 aromatic carbocycles. The Bertz CT molecular complexity index is 668. The number of amides is 1. The van der Waals surface area contributed by atoms with E-state index in [1.807, 2.05) is 31.4 Å². The second-order valence-corrected chi connectivity index (χ2v) is 7.45. The number of thioether (sulfide) groups is 1. The van der Waals surface area contributed by atoms with Crippen molar-refractivity contribution in [2.45, 2.75) is 26.4 Å². The van der Waals surface area contributed by atoms with Crippen LogP contribution in [-0.2, 0) is 4.74 Å². The molecule has 2 rings (SSSR count). The van der Waals surface area contributed by atoms with Gasteiger partial charge in [0.2, 0.25) is 0 Å². The van der Waals surface area contributed by atoms with E-state index in [1.165, 1.54) is 4.90 Å². The Balaban J connectivity index is 2.41. The van der Waals surface area contributed by atoms with Crippen molar-refractivity contribution in [3.63, 3.8) is 0 Å². The minimum Gasteiger partial charge on any atom is -0.443 e. The van der Waals surface area contributed by atoms with E-state index in [0.717, 1.165) is 10.4 Å². The first kappa shape index (κ1) is 17.1. The maximum absolute atomic E-state index is 12.5. The fourth-order valence-electron chi connectivity index (χ4n) is 1.85. The Labute approximate surface area is 142 Å². The monoisotopic (exact) mass is 386 g/mol. The maximum atomic E-state index is 12.5. The molecule has 2 heterocycles. The molecule has 2 aromatic heterocycles. The van der Waals surface area contributed by atoms with Gasteiger partial charge < -0.3 is 4.74 Å². The summed E-state index contributed by atoms with van der Waals surface area (Å²) in [5.74, 6) is 1.28. The predicted molar refractivity (Wildman–Crippen MR) is 92.6 cm³/mol. The van der Waals surface area contributed by atoms with Gasteiger partial charge in [-0.1, -0.05) is 0 Å². The highest BCUT2D eigenvalue weighted by atomic mass is 79.9.